The van der Waals surface area contributed by atoms with E-state index in [1.165, 1.54) is 12.1 Å². The van der Waals surface area contributed by atoms with Crippen LogP contribution in [0.25, 0.3) is 0 Å². The second-order valence-electron chi connectivity index (χ2n) is 8.23. The van der Waals surface area contributed by atoms with Crippen molar-refractivity contribution in [1.82, 2.24) is 24.8 Å². The van der Waals surface area contributed by atoms with E-state index in [0.717, 1.165) is 5.56 Å². The van der Waals surface area contributed by atoms with E-state index in [4.69, 9.17) is 9.47 Å². The molecule has 0 unspecified atom stereocenters. The molecule has 1 saturated heterocycles. The summed E-state index contributed by atoms with van der Waals surface area (Å²) in [5.74, 6) is 0.0919. The number of piperazine rings is 1. The molecule has 1 aromatic heterocycles. The quantitative estimate of drug-likeness (QED) is 0.588. The maximum Gasteiger partial charge on any atom is 0.276 e. The van der Waals surface area contributed by atoms with E-state index in [9.17, 15) is 14.0 Å². The van der Waals surface area contributed by atoms with Crippen molar-refractivity contribution in [3.8, 4) is 5.75 Å². The molecular formula is C24H24FN5O4. The summed E-state index contributed by atoms with van der Waals surface area (Å²) in [6.07, 6.45) is -0.287. The van der Waals surface area contributed by atoms with Crippen LogP contribution in [0, 0.1) is 5.82 Å². The van der Waals surface area contributed by atoms with Crippen molar-refractivity contribution in [2.45, 2.75) is 19.3 Å². The maximum atomic E-state index is 13.2. The van der Waals surface area contributed by atoms with E-state index in [2.05, 4.69) is 10.3 Å². The second kappa shape index (κ2) is 9.22. The summed E-state index contributed by atoms with van der Waals surface area (Å²) in [5, 5.41) is 8.28. The zero-order chi connectivity index (χ0) is 23.7. The Morgan fingerprint density at radius 3 is 2.26 bits per heavy atom. The molecule has 9 nitrogen and oxygen atoms in total. The first-order valence-electron chi connectivity index (χ1n) is 11.1. The molecule has 5 rings (SSSR count). The number of benzene rings is 2. The smallest absolute Gasteiger partial charge is 0.276 e. The van der Waals surface area contributed by atoms with Crippen molar-refractivity contribution in [3.05, 3.63) is 76.9 Å². The molecule has 0 bridgehead atoms. The van der Waals surface area contributed by atoms with Gasteiger partial charge in [-0.2, -0.15) is 0 Å². The number of methoxy groups -OCH3 is 1. The molecule has 1 atom stereocenters. The van der Waals surface area contributed by atoms with Crippen molar-refractivity contribution in [1.29, 1.82) is 0 Å². The van der Waals surface area contributed by atoms with Crippen molar-refractivity contribution in [3.63, 3.8) is 0 Å². The number of ether oxygens (including phenoxy) is 2. The van der Waals surface area contributed by atoms with Crippen molar-refractivity contribution in [2.75, 3.05) is 33.3 Å². The largest absolute Gasteiger partial charge is 0.497 e. The van der Waals surface area contributed by atoms with Crippen LogP contribution in [0.2, 0.25) is 0 Å². The van der Waals surface area contributed by atoms with Crippen LogP contribution in [0.1, 0.15) is 38.2 Å². The van der Waals surface area contributed by atoms with Gasteiger partial charge in [0, 0.05) is 31.7 Å². The Labute approximate surface area is 195 Å². The van der Waals surface area contributed by atoms with Crippen LogP contribution in [-0.4, -0.2) is 69.9 Å². The van der Waals surface area contributed by atoms with Gasteiger partial charge in [-0.15, -0.1) is 5.10 Å². The van der Waals surface area contributed by atoms with Gasteiger partial charge in [-0.1, -0.05) is 17.3 Å². The fraction of sp³-hybridized carbons (Fsp3) is 0.333. The molecule has 0 spiro atoms. The minimum Gasteiger partial charge on any atom is -0.497 e. The normalized spacial score (nSPS) is 17.9. The van der Waals surface area contributed by atoms with Gasteiger partial charge < -0.3 is 19.3 Å². The van der Waals surface area contributed by atoms with Gasteiger partial charge in [0.1, 0.15) is 17.7 Å². The number of fused-ring (bicyclic) bond motifs is 1. The fourth-order valence-corrected chi connectivity index (χ4v) is 4.24. The summed E-state index contributed by atoms with van der Waals surface area (Å²) in [6.45, 7) is 2.27. The number of hydrogen-bond acceptors (Lipinski definition) is 6. The Morgan fingerprint density at radius 2 is 1.62 bits per heavy atom. The van der Waals surface area contributed by atoms with Crippen LogP contribution in [0.3, 0.4) is 0 Å². The number of carbonyl (C=O) groups excluding carboxylic acids is 2. The molecule has 0 aliphatic carbocycles. The van der Waals surface area contributed by atoms with Crippen LogP contribution in [0.5, 0.6) is 5.75 Å². The Kier molecular flexibility index (Phi) is 5.97. The minimum atomic E-state index is -0.306. The number of amides is 2. The van der Waals surface area contributed by atoms with E-state index in [0.29, 0.717) is 49.7 Å². The molecule has 0 radical (unpaired) electrons. The van der Waals surface area contributed by atoms with Crippen LogP contribution in [0.4, 0.5) is 4.39 Å². The summed E-state index contributed by atoms with van der Waals surface area (Å²) in [6, 6.07) is 13.1. The van der Waals surface area contributed by atoms with Crippen LogP contribution in [0.15, 0.2) is 48.5 Å². The van der Waals surface area contributed by atoms with Gasteiger partial charge in [-0.05, 0) is 42.0 Å². The molecule has 34 heavy (non-hydrogen) atoms. The molecule has 0 saturated carbocycles. The number of nitrogens with zero attached hydrogens (tertiary/aromatic N) is 5. The molecule has 2 amide bonds. The van der Waals surface area contributed by atoms with E-state index < -0.39 is 0 Å². The number of aromatic nitrogens is 3. The lowest BCUT2D eigenvalue weighted by Crippen LogP contribution is -2.50. The zero-order valence-corrected chi connectivity index (χ0v) is 18.7. The highest BCUT2D eigenvalue weighted by atomic mass is 19.1. The molecule has 0 N–H and O–H groups in total. The number of carbonyl (C=O) groups is 2. The van der Waals surface area contributed by atoms with E-state index in [-0.39, 0.29) is 36.0 Å². The monoisotopic (exact) mass is 465 g/mol. The third-order valence-corrected chi connectivity index (χ3v) is 6.23. The predicted molar refractivity (Wildman–Crippen MR) is 119 cm³/mol. The molecule has 2 aliphatic heterocycles. The first kappa shape index (κ1) is 22.0. The molecule has 1 fully saturated rings. The number of rotatable bonds is 4. The molecule has 2 aromatic carbocycles. The highest BCUT2D eigenvalue weighted by Crippen LogP contribution is 2.27. The lowest BCUT2D eigenvalue weighted by atomic mass is 10.1. The highest BCUT2D eigenvalue weighted by Gasteiger charge is 2.32. The summed E-state index contributed by atoms with van der Waals surface area (Å²) in [7, 11) is 1.58. The van der Waals surface area contributed by atoms with Gasteiger partial charge in [-0.25, -0.2) is 9.07 Å². The maximum absolute atomic E-state index is 13.2. The summed E-state index contributed by atoms with van der Waals surface area (Å²) >= 11 is 0. The first-order valence-corrected chi connectivity index (χ1v) is 11.1. The summed E-state index contributed by atoms with van der Waals surface area (Å²) < 4.78 is 25.9. The van der Waals surface area contributed by atoms with Crippen LogP contribution >= 0.6 is 0 Å². The second-order valence-corrected chi connectivity index (χ2v) is 8.23. The molecule has 3 heterocycles. The molecule has 10 heteroatoms. The number of hydrogen-bond donors (Lipinski definition) is 0. The van der Waals surface area contributed by atoms with Gasteiger partial charge in [0.25, 0.3) is 11.8 Å². The molecule has 176 valence electrons. The average Bonchev–Trinajstić information content (AvgIpc) is 3.32. The lowest BCUT2D eigenvalue weighted by Gasteiger charge is -2.34. The van der Waals surface area contributed by atoms with Gasteiger partial charge >= 0.3 is 0 Å². The Morgan fingerprint density at radius 1 is 0.971 bits per heavy atom. The third kappa shape index (κ3) is 4.24. The Hall–Kier alpha value is -3.79. The summed E-state index contributed by atoms with van der Waals surface area (Å²) in [4.78, 5) is 29.3. The first-order chi connectivity index (χ1) is 16.5. The van der Waals surface area contributed by atoms with Crippen molar-refractivity contribution < 1.29 is 23.5 Å². The topological polar surface area (TPSA) is 89.8 Å². The molecular weight excluding hydrogens is 441 g/mol. The molecule has 3 aromatic rings. The van der Waals surface area contributed by atoms with Gasteiger partial charge in [-0.3, -0.25) is 9.59 Å². The minimum absolute atomic E-state index is 0.0731. The van der Waals surface area contributed by atoms with Gasteiger partial charge in [0.2, 0.25) is 0 Å². The van der Waals surface area contributed by atoms with Gasteiger partial charge in [0.05, 0.1) is 26.0 Å². The zero-order valence-electron chi connectivity index (χ0n) is 18.7. The van der Waals surface area contributed by atoms with Gasteiger partial charge in [0.15, 0.2) is 5.69 Å². The van der Waals surface area contributed by atoms with Crippen LogP contribution in [-0.2, 0) is 17.9 Å². The summed E-state index contributed by atoms with van der Waals surface area (Å²) in [5.41, 5.74) is 2.32. The Bertz CT molecular complexity index is 1190. The molecule has 2 aliphatic rings. The van der Waals surface area contributed by atoms with Crippen molar-refractivity contribution in [2.24, 2.45) is 0 Å². The van der Waals surface area contributed by atoms with E-state index in [1.807, 2.05) is 0 Å². The third-order valence-electron chi connectivity index (χ3n) is 6.23. The standard InChI is InChI=1S/C24H24FN5O4/c1-33-19-8-4-17(5-9-19)23(31)28-10-12-29(13-11-28)24(32)22-20-15-34-21(14-30(20)27-26-22)16-2-6-18(25)7-3-16/h2-9,21H,10-15H2,1H3/t21-/m1/s1. The van der Waals surface area contributed by atoms with E-state index >= 15 is 0 Å². The number of halogens is 1. The SMILES string of the molecule is COc1ccc(C(=O)N2CCN(C(=O)c3nnn4c3CO[C@@H](c3ccc(F)cc3)C4)CC2)cc1. The lowest BCUT2D eigenvalue weighted by molar-refractivity contribution is -0.00206. The van der Waals surface area contributed by atoms with Crippen LogP contribution < -0.4 is 4.74 Å². The van der Waals surface area contributed by atoms with E-state index in [1.54, 1.807) is 58.0 Å². The fourth-order valence-electron chi connectivity index (χ4n) is 4.24. The highest BCUT2D eigenvalue weighted by molar-refractivity contribution is 5.95. The average molecular weight is 465 g/mol. The predicted octanol–water partition coefficient (Wildman–Crippen LogP) is 2.30. The van der Waals surface area contributed by atoms with Crippen molar-refractivity contribution >= 4 is 11.8 Å². The Balaban J connectivity index is 1.21.